The third-order valence-corrected chi connectivity index (χ3v) is 9.47. The Labute approximate surface area is 250 Å². The molecule has 2 saturated heterocycles. The van der Waals surface area contributed by atoms with Crippen molar-refractivity contribution in [3.05, 3.63) is 105 Å². The normalized spacial score (nSPS) is 22.5. The van der Waals surface area contributed by atoms with Gasteiger partial charge in [0.2, 0.25) is 11.8 Å². The van der Waals surface area contributed by atoms with Crippen LogP contribution in [0.5, 0.6) is 0 Å². The minimum Gasteiger partial charge on any atom is -0.297 e. The Balaban J connectivity index is 1.15. The number of piperidine rings is 1. The van der Waals surface area contributed by atoms with Gasteiger partial charge in [0.05, 0.1) is 17.5 Å². The molecule has 0 aliphatic carbocycles. The number of piperazine rings is 1. The van der Waals surface area contributed by atoms with Gasteiger partial charge >= 0.3 is 0 Å². The number of fused-ring (bicyclic) bond motifs is 1. The fourth-order valence-electron chi connectivity index (χ4n) is 6.29. The minimum atomic E-state index is -0.332. The molecule has 40 heavy (non-hydrogen) atoms. The van der Waals surface area contributed by atoms with E-state index in [4.69, 9.17) is 35.8 Å². The molecule has 2 amide bonds. The smallest absolute Gasteiger partial charge is 0.243 e. The van der Waals surface area contributed by atoms with E-state index in [1.54, 1.807) is 0 Å². The molecular weight excluding hydrogens is 563 g/mol. The third-order valence-electron chi connectivity index (χ3n) is 8.39. The van der Waals surface area contributed by atoms with Crippen LogP contribution in [0.2, 0.25) is 10.0 Å². The zero-order valence-electron chi connectivity index (χ0n) is 22.1. The van der Waals surface area contributed by atoms with Gasteiger partial charge in [-0.3, -0.25) is 29.6 Å². The first kappa shape index (κ1) is 27.8. The lowest BCUT2D eigenvalue weighted by molar-refractivity contribution is -0.137. The van der Waals surface area contributed by atoms with Gasteiger partial charge < -0.3 is 0 Å². The van der Waals surface area contributed by atoms with Gasteiger partial charge in [0.1, 0.15) is 0 Å². The fourth-order valence-corrected chi connectivity index (χ4v) is 7.03. The molecule has 2 unspecified atom stereocenters. The van der Waals surface area contributed by atoms with Crippen LogP contribution in [0.15, 0.2) is 66.7 Å². The van der Waals surface area contributed by atoms with Gasteiger partial charge in [-0.15, -0.1) is 0 Å². The molecule has 1 N–H and O–H groups in total. The average molecular weight is 596 g/mol. The van der Waals surface area contributed by atoms with Crippen molar-refractivity contribution >= 4 is 47.6 Å². The van der Waals surface area contributed by atoms with E-state index in [2.05, 4.69) is 62.5 Å². The number of halogens is 2. The number of imide groups is 1. The lowest BCUT2D eigenvalue weighted by Crippen LogP contribution is -2.51. The Morgan fingerprint density at radius 1 is 0.875 bits per heavy atom. The predicted molar refractivity (Wildman–Crippen MR) is 161 cm³/mol. The molecule has 0 aromatic heterocycles. The van der Waals surface area contributed by atoms with Crippen LogP contribution in [-0.2, 0) is 22.7 Å². The summed E-state index contributed by atoms with van der Waals surface area (Å²) in [5.74, 6) is -0.403. The van der Waals surface area contributed by atoms with Crippen molar-refractivity contribution in [1.82, 2.24) is 20.0 Å². The second-order valence-electron chi connectivity index (χ2n) is 10.8. The number of nitrogens with zero attached hydrogens (tertiary/aromatic N) is 3. The molecule has 208 valence electrons. The average Bonchev–Trinajstić information content (AvgIpc) is 3.29. The summed E-state index contributed by atoms with van der Waals surface area (Å²) in [5, 5.41) is 3.81. The van der Waals surface area contributed by atoms with E-state index in [1.807, 2.05) is 24.3 Å². The van der Waals surface area contributed by atoms with Crippen LogP contribution in [0.25, 0.3) is 0 Å². The van der Waals surface area contributed by atoms with Crippen LogP contribution in [0.1, 0.15) is 52.1 Å². The van der Waals surface area contributed by atoms with E-state index in [1.165, 1.54) is 22.3 Å². The molecule has 0 spiro atoms. The van der Waals surface area contributed by atoms with Gasteiger partial charge in [-0.25, -0.2) is 0 Å². The first-order valence-corrected chi connectivity index (χ1v) is 15.0. The van der Waals surface area contributed by atoms with Gasteiger partial charge in [0, 0.05) is 55.7 Å². The Bertz CT molecular complexity index is 1350. The monoisotopic (exact) mass is 594 g/mol. The molecule has 9 heteroatoms. The zero-order chi connectivity index (χ0) is 27.8. The summed E-state index contributed by atoms with van der Waals surface area (Å²) in [5.41, 5.74) is 6.14. The first-order chi connectivity index (χ1) is 19.4. The molecule has 3 aromatic rings. The van der Waals surface area contributed by atoms with Crippen LogP contribution in [0.4, 0.5) is 0 Å². The highest BCUT2D eigenvalue weighted by atomic mass is 35.5. The highest BCUT2D eigenvalue weighted by molar-refractivity contribution is 7.80. The van der Waals surface area contributed by atoms with E-state index in [0.29, 0.717) is 19.4 Å². The van der Waals surface area contributed by atoms with Crippen molar-refractivity contribution in [2.75, 3.05) is 26.2 Å². The topological polar surface area (TPSA) is 55.9 Å². The van der Waals surface area contributed by atoms with Crippen molar-refractivity contribution in [2.24, 2.45) is 0 Å². The molecule has 0 radical (unpaired) electrons. The van der Waals surface area contributed by atoms with Crippen LogP contribution in [-0.4, -0.2) is 58.7 Å². The van der Waals surface area contributed by atoms with Gasteiger partial charge in [-0.1, -0.05) is 65.7 Å². The molecule has 3 aliphatic heterocycles. The molecule has 3 aromatic carbocycles. The Morgan fingerprint density at radius 2 is 1.50 bits per heavy atom. The molecular formula is C31H32Cl2N4O2S. The molecule has 0 saturated carbocycles. The van der Waals surface area contributed by atoms with E-state index in [-0.39, 0.29) is 29.3 Å². The zero-order valence-corrected chi connectivity index (χ0v) is 24.5. The number of hydrogen-bond acceptors (Lipinski definition) is 6. The van der Waals surface area contributed by atoms with Gasteiger partial charge in [0.15, 0.2) is 0 Å². The largest absolute Gasteiger partial charge is 0.297 e. The summed E-state index contributed by atoms with van der Waals surface area (Å²) < 4.78 is 0. The van der Waals surface area contributed by atoms with Crippen LogP contribution >= 0.6 is 35.8 Å². The second-order valence-corrected chi connectivity index (χ2v) is 12.2. The maximum atomic E-state index is 12.6. The van der Waals surface area contributed by atoms with Crippen molar-refractivity contribution in [3.63, 3.8) is 0 Å². The van der Waals surface area contributed by atoms with Crippen molar-refractivity contribution < 1.29 is 9.59 Å². The molecule has 2 atom stereocenters. The number of benzene rings is 3. The molecule has 2 fully saturated rings. The predicted octanol–water partition coefficient (Wildman–Crippen LogP) is 5.45. The number of thiol groups is 1. The SMILES string of the molecule is O=C1CCC(N2Cc3c(CN4CCN(C(c5ccc(Cl)cc5)c5ccc(Cl)cc5)CC4)cccc3C2S)C(=O)N1. The number of rotatable bonds is 6. The summed E-state index contributed by atoms with van der Waals surface area (Å²) in [7, 11) is 0. The number of carbonyl (C=O) groups excluding carboxylic acids is 2. The van der Waals surface area contributed by atoms with Crippen molar-refractivity contribution in [1.29, 1.82) is 0 Å². The molecule has 6 rings (SSSR count). The summed E-state index contributed by atoms with van der Waals surface area (Å²) in [4.78, 5) is 31.4. The van der Waals surface area contributed by atoms with E-state index >= 15 is 0 Å². The van der Waals surface area contributed by atoms with E-state index < -0.39 is 0 Å². The highest BCUT2D eigenvalue weighted by Crippen LogP contribution is 2.41. The first-order valence-electron chi connectivity index (χ1n) is 13.7. The quantitative estimate of drug-likeness (QED) is 0.293. The lowest BCUT2D eigenvalue weighted by Gasteiger charge is -2.40. The maximum Gasteiger partial charge on any atom is 0.243 e. The fraction of sp³-hybridized carbons (Fsp3) is 0.355. The number of nitrogens with one attached hydrogen (secondary N) is 1. The Morgan fingerprint density at radius 3 is 2.10 bits per heavy atom. The minimum absolute atomic E-state index is 0.129. The summed E-state index contributed by atoms with van der Waals surface area (Å²) in [6.45, 7) is 5.28. The van der Waals surface area contributed by atoms with Crippen LogP contribution < -0.4 is 5.32 Å². The summed E-state index contributed by atoms with van der Waals surface area (Å²) in [6.07, 6.45) is 0.906. The Hall–Kier alpha value is -2.39. The van der Waals surface area contributed by atoms with Crippen LogP contribution in [0.3, 0.4) is 0 Å². The molecule has 6 nitrogen and oxygen atoms in total. The van der Waals surface area contributed by atoms with Crippen LogP contribution in [0, 0.1) is 0 Å². The highest BCUT2D eigenvalue weighted by Gasteiger charge is 2.40. The summed E-state index contributed by atoms with van der Waals surface area (Å²) >= 11 is 17.3. The molecule has 3 aliphatic rings. The lowest BCUT2D eigenvalue weighted by atomic mass is 9.96. The maximum absolute atomic E-state index is 12.6. The van der Waals surface area contributed by atoms with Crippen molar-refractivity contribution in [3.8, 4) is 0 Å². The van der Waals surface area contributed by atoms with Gasteiger partial charge in [-0.05, 0) is 58.5 Å². The number of amides is 2. The van der Waals surface area contributed by atoms with Gasteiger partial charge in [0.25, 0.3) is 0 Å². The van der Waals surface area contributed by atoms with Crippen molar-refractivity contribution in [2.45, 2.75) is 43.4 Å². The standard InChI is InChI=1S/C31H32Cl2N4O2S/c32-23-8-4-20(5-9-23)29(21-6-10-24(33)11-7-21)36-16-14-35(15-17-36)18-22-2-1-3-25-26(22)19-37(31(25)40)27-12-13-28(38)34-30(27)39/h1-11,27,29,31,40H,12-19H2,(H,34,38,39). The number of hydrogen-bond donors (Lipinski definition) is 2. The van der Waals surface area contributed by atoms with E-state index in [0.717, 1.165) is 48.3 Å². The Kier molecular flexibility index (Phi) is 8.22. The third kappa shape index (κ3) is 5.69. The summed E-state index contributed by atoms with van der Waals surface area (Å²) in [6, 6.07) is 22.5. The number of carbonyl (C=O) groups is 2. The van der Waals surface area contributed by atoms with Gasteiger partial charge in [-0.2, -0.15) is 12.6 Å². The second kappa shape index (κ2) is 11.8. The molecule has 3 heterocycles. The molecule has 0 bridgehead atoms. The van der Waals surface area contributed by atoms with E-state index in [9.17, 15) is 9.59 Å².